The second-order valence-corrected chi connectivity index (χ2v) is 3.02. The van der Waals surface area contributed by atoms with Crippen molar-refractivity contribution in [1.29, 1.82) is 0 Å². The van der Waals surface area contributed by atoms with Crippen molar-refractivity contribution in [2.75, 3.05) is 20.2 Å². The first-order valence-electron chi connectivity index (χ1n) is 4.28. The van der Waals surface area contributed by atoms with Crippen molar-refractivity contribution in [2.45, 2.75) is 12.8 Å². The van der Waals surface area contributed by atoms with Crippen LogP contribution in [0.2, 0.25) is 0 Å². The van der Waals surface area contributed by atoms with Gasteiger partial charge in [-0.15, -0.1) is 0 Å². The minimum atomic E-state index is -0.263. The first kappa shape index (κ1) is 9.26. The molecule has 1 N–H and O–H groups in total. The molecule has 3 heteroatoms. The fourth-order valence-corrected chi connectivity index (χ4v) is 1.34. The Bertz CT molecular complexity index is 171. The molecule has 0 saturated carbocycles. The monoisotopic (exact) mass is 169 g/mol. The van der Waals surface area contributed by atoms with E-state index in [-0.39, 0.29) is 5.97 Å². The lowest BCUT2D eigenvalue weighted by Crippen LogP contribution is -2.08. The highest BCUT2D eigenvalue weighted by molar-refractivity contribution is 5.81. The number of carbonyl (C=O) groups excluding carboxylic acids is 1. The van der Waals surface area contributed by atoms with Gasteiger partial charge < -0.3 is 10.1 Å². The van der Waals surface area contributed by atoms with Crippen LogP contribution in [0.25, 0.3) is 0 Å². The molecule has 1 heterocycles. The molecule has 0 aromatic carbocycles. The minimum Gasteiger partial charge on any atom is -0.466 e. The Kier molecular flexibility index (Phi) is 3.80. The van der Waals surface area contributed by atoms with Gasteiger partial charge in [0.1, 0.15) is 0 Å². The summed E-state index contributed by atoms with van der Waals surface area (Å²) >= 11 is 0. The minimum absolute atomic E-state index is 0.263. The summed E-state index contributed by atoms with van der Waals surface area (Å²) in [5.41, 5.74) is 0. The molecule has 0 amide bonds. The zero-order valence-electron chi connectivity index (χ0n) is 7.38. The zero-order chi connectivity index (χ0) is 8.81. The summed E-state index contributed by atoms with van der Waals surface area (Å²) in [6.45, 7) is 2.18. The average molecular weight is 169 g/mol. The molecule has 0 aliphatic carbocycles. The smallest absolute Gasteiger partial charge is 0.330 e. The zero-order valence-corrected chi connectivity index (χ0v) is 7.38. The normalized spacial score (nSPS) is 23.2. The maximum Gasteiger partial charge on any atom is 0.330 e. The lowest BCUT2D eigenvalue weighted by atomic mass is 10.1. The Morgan fingerprint density at radius 1 is 1.75 bits per heavy atom. The molecule has 3 nitrogen and oxygen atoms in total. The highest BCUT2D eigenvalue weighted by Gasteiger charge is 2.11. The summed E-state index contributed by atoms with van der Waals surface area (Å²) < 4.78 is 4.47. The number of hydrogen-bond donors (Lipinski definition) is 1. The fourth-order valence-electron chi connectivity index (χ4n) is 1.34. The van der Waals surface area contributed by atoms with E-state index in [1.807, 2.05) is 6.08 Å². The summed E-state index contributed by atoms with van der Waals surface area (Å²) in [5, 5.41) is 3.27. The fraction of sp³-hybridized carbons (Fsp3) is 0.667. The maximum absolute atomic E-state index is 10.7. The van der Waals surface area contributed by atoms with E-state index in [0.29, 0.717) is 5.92 Å². The molecule has 1 saturated heterocycles. The predicted molar refractivity (Wildman–Crippen MR) is 46.7 cm³/mol. The number of hydrogen-bond acceptors (Lipinski definition) is 3. The topological polar surface area (TPSA) is 38.3 Å². The molecule has 1 rings (SSSR count). The lowest BCUT2D eigenvalue weighted by molar-refractivity contribution is -0.134. The molecule has 0 spiro atoms. The van der Waals surface area contributed by atoms with Gasteiger partial charge in [0.05, 0.1) is 7.11 Å². The Morgan fingerprint density at radius 3 is 3.17 bits per heavy atom. The molecule has 0 radical (unpaired) electrons. The van der Waals surface area contributed by atoms with E-state index >= 15 is 0 Å². The van der Waals surface area contributed by atoms with Gasteiger partial charge in [-0.2, -0.15) is 0 Å². The molecule has 0 aromatic heterocycles. The van der Waals surface area contributed by atoms with E-state index in [4.69, 9.17) is 0 Å². The van der Waals surface area contributed by atoms with Gasteiger partial charge in [-0.1, -0.05) is 6.08 Å². The second-order valence-electron chi connectivity index (χ2n) is 3.02. The van der Waals surface area contributed by atoms with Crippen LogP contribution in [0.15, 0.2) is 12.2 Å². The van der Waals surface area contributed by atoms with Crippen LogP contribution in [0.1, 0.15) is 12.8 Å². The summed E-state index contributed by atoms with van der Waals surface area (Å²) in [4.78, 5) is 10.7. The summed E-state index contributed by atoms with van der Waals surface area (Å²) in [6, 6.07) is 0. The van der Waals surface area contributed by atoms with Gasteiger partial charge in [-0.3, -0.25) is 0 Å². The van der Waals surface area contributed by atoms with Crippen molar-refractivity contribution in [3.8, 4) is 0 Å². The average Bonchev–Trinajstić information content (AvgIpc) is 2.57. The molecular formula is C9H15NO2. The number of rotatable bonds is 3. The van der Waals surface area contributed by atoms with Crippen molar-refractivity contribution in [1.82, 2.24) is 5.32 Å². The van der Waals surface area contributed by atoms with Gasteiger partial charge in [0, 0.05) is 6.08 Å². The Hall–Kier alpha value is -0.830. The van der Waals surface area contributed by atoms with Gasteiger partial charge in [0.2, 0.25) is 0 Å². The third kappa shape index (κ3) is 3.05. The van der Waals surface area contributed by atoms with E-state index in [1.165, 1.54) is 19.6 Å². The van der Waals surface area contributed by atoms with Gasteiger partial charge >= 0.3 is 5.97 Å². The lowest BCUT2D eigenvalue weighted by Gasteiger charge is -2.01. The molecule has 1 fully saturated rings. The van der Waals surface area contributed by atoms with Crippen molar-refractivity contribution in [3.63, 3.8) is 0 Å². The van der Waals surface area contributed by atoms with Crippen molar-refractivity contribution in [3.05, 3.63) is 12.2 Å². The largest absolute Gasteiger partial charge is 0.466 e. The van der Waals surface area contributed by atoms with Crippen LogP contribution in [0.3, 0.4) is 0 Å². The standard InChI is InChI=1S/C9H15NO2/c1-12-9(11)4-2-3-8-5-6-10-7-8/h2,4,8,10H,3,5-7H2,1H3/b4-2-. The first-order valence-corrected chi connectivity index (χ1v) is 4.28. The molecule has 0 aromatic rings. The van der Waals surface area contributed by atoms with Gasteiger partial charge in [0.25, 0.3) is 0 Å². The Balaban J connectivity index is 2.15. The van der Waals surface area contributed by atoms with E-state index < -0.39 is 0 Å². The van der Waals surface area contributed by atoms with Crippen LogP contribution in [0.5, 0.6) is 0 Å². The number of carbonyl (C=O) groups is 1. The molecular weight excluding hydrogens is 154 g/mol. The molecule has 1 aliphatic heterocycles. The van der Waals surface area contributed by atoms with Crippen molar-refractivity contribution in [2.24, 2.45) is 5.92 Å². The summed E-state index contributed by atoms with van der Waals surface area (Å²) in [6.07, 6.45) is 5.58. The quantitative estimate of drug-likeness (QED) is 0.499. The maximum atomic E-state index is 10.7. The highest BCUT2D eigenvalue weighted by Crippen LogP contribution is 2.12. The molecule has 1 aliphatic rings. The van der Waals surface area contributed by atoms with E-state index in [9.17, 15) is 4.79 Å². The van der Waals surface area contributed by atoms with Crippen LogP contribution < -0.4 is 5.32 Å². The summed E-state index contributed by atoms with van der Waals surface area (Å²) in [7, 11) is 1.39. The van der Waals surface area contributed by atoms with Crippen molar-refractivity contribution >= 4 is 5.97 Å². The molecule has 12 heavy (non-hydrogen) atoms. The van der Waals surface area contributed by atoms with Crippen LogP contribution in [0, 0.1) is 5.92 Å². The number of esters is 1. The number of nitrogens with one attached hydrogen (secondary N) is 1. The Labute approximate surface area is 72.8 Å². The third-order valence-electron chi connectivity index (χ3n) is 2.09. The van der Waals surface area contributed by atoms with Gasteiger partial charge in [0.15, 0.2) is 0 Å². The SMILES string of the molecule is COC(=O)/C=C\CC1CCNC1. The Morgan fingerprint density at radius 2 is 2.58 bits per heavy atom. The van der Waals surface area contributed by atoms with E-state index in [0.717, 1.165) is 19.5 Å². The summed E-state index contributed by atoms with van der Waals surface area (Å²) in [5.74, 6) is 0.437. The number of ether oxygens (including phenoxy) is 1. The van der Waals surface area contributed by atoms with Crippen LogP contribution in [-0.2, 0) is 9.53 Å². The van der Waals surface area contributed by atoms with Gasteiger partial charge in [-0.25, -0.2) is 4.79 Å². The molecule has 1 unspecified atom stereocenters. The van der Waals surface area contributed by atoms with Crippen LogP contribution >= 0.6 is 0 Å². The molecule has 68 valence electrons. The van der Waals surface area contributed by atoms with Crippen molar-refractivity contribution < 1.29 is 9.53 Å². The molecule has 1 atom stereocenters. The van der Waals surface area contributed by atoms with E-state index in [1.54, 1.807) is 0 Å². The van der Waals surface area contributed by atoms with Gasteiger partial charge in [-0.05, 0) is 31.8 Å². The number of methoxy groups -OCH3 is 1. The van der Waals surface area contributed by atoms with E-state index in [2.05, 4.69) is 10.1 Å². The second kappa shape index (κ2) is 4.93. The third-order valence-corrected chi connectivity index (χ3v) is 2.09. The first-order chi connectivity index (χ1) is 5.83. The number of allylic oxidation sites excluding steroid dienone is 1. The van der Waals surface area contributed by atoms with Crippen LogP contribution in [0.4, 0.5) is 0 Å². The molecule has 0 bridgehead atoms. The van der Waals surface area contributed by atoms with Crippen LogP contribution in [-0.4, -0.2) is 26.2 Å². The predicted octanol–water partition coefficient (Wildman–Crippen LogP) is 0.715. The highest BCUT2D eigenvalue weighted by atomic mass is 16.5.